The Morgan fingerprint density at radius 1 is 0.963 bits per heavy atom. The minimum absolute atomic E-state index is 0.0731. The van der Waals surface area contributed by atoms with Crippen molar-refractivity contribution in [3.63, 3.8) is 0 Å². The molecule has 292 valence electrons. The number of benzene rings is 3. The van der Waals surface area contributed by atoms with Crippen LogP contribution in [0, 0.1) is 12.8 Å². The van der Waals surface area contributed by atoms with Crippen LogP contribution in [-0.2, 0) is 41.9 Å². The second-order valence-electron chi connectivity index (χ2n) is 14.5. The number of nitrogens with one attached hydrogen (secondary N) is 1. The van der Waals surface area contributed by atoms with Gasteiger partial charge in [0.2, 0.25) is 9.84 Å². The highest BCUT2D eigenvalue weighted by atomic mass is 32.2. The van der Waals surface area contributed by atoms with Gasteiger partial charge in [0.1, 0.15) is 25.0 Å². The van der Waals surface area contributed by atoms with Gasteiger partial charge in [-0.05, 0) is 67.1 Å². The van der Waals surface area contributed by atoms with Crippen molar-refractivity contribution in [1.29, 1.82) is 0 Å². The van der Waals surface area contributed by atoms with E-state index < -0.39 is 21.4 Å². The number of aryl methyl sites for hydroxylation is 2. The lowest BCUT2D eigenvalue weighted by Gasteiger charge is -2.39. The minimum atomic E-state index is -3.99. The quantitative estimate of drug-likeness (QED) is 0.118. The van der Waals surface area contributed by atoms with Crippen molar-refractivity contribution in [2.45, 2.75) is 74.7 Å². The summed E-state index contributed by atoms with van der Waals surface area (Å²) in [4.78, 5) is 2.46. The van der Waals surface area contributed by atoms with Gasteiger partial charge < -0.3 is 38.5 Å². The number of hydrogen-bond donors (Lipinski definition) is 1. The van der Waals surface area contributed by atoms with Crippen molar-refractivity contribution in [2.75, 3.05) is 65.2 Å². The van der Waals surface area contributed by atoms with E-state index in [0.29, 0.717) is 57.6 Å². The fraction of sp³-hybridized carbons (Fsp3) is 0.512. The third-order valence-electron chi connectivity index (χ3n) is 10.2. The molecule has 6 rings (SSSR count). The maximum atomic E-state index is 14.7. The molecule has 2 aliphatic rings. The lowest BCUT2D eigenvalue weighted by molar-refractivity contribution is -0.00692. The largest absolute Gasteiger partial charge is 0.490 e. The first kappa shape index (κ1) is 39.8. The molecule has 54 heavy (non-hydrogen) atoms. The molecule has 5 atom stereocenters. The molecule has 0 spiro atoms. The maximum Gasteiger partial charge on any atom is 0.209 e. The van der Waals surface area contributed by atoms with Gasteiger partial charge in [-0.3, -0.25) is 0 Å². The van der Waals surface area contributed by atoms with E-state index in [1.54, 1.807) is 39.0 Å². The van der Waals surface area contributed by atoms with Crippen LogP contribution in [0.1, 0.15) is 59.8 Å². The van der Waals surface area contributed by atoms with Gasteiger partial charge in [-0.2, -0.15) is 0 Å². The number of ether oxygens (including phenoxy) is 5. The Labute approximate surface area is 320 Å². The van der Waals surface area contributed by atoms with Gasteiger partial charge in [0.15, 0.2) is 5.44 Å². The highest BCUT2D eigenvalue weighted by Crippen LogP contribution is 2.41. The van der Waals surface area contributed by atoms with E-state index in [0.717, 1.165) is 60.5 Å². The summed E-state index contributed by atoms with van der Waals surface area (Å²) in [6.07, 6.45) is 5.48. The van der Waals surface area contributed by atoms with E-state index >= 15 is 0 Å². The van der Waals surface area contributed by atoms with E-state index in [4.69, 9.17) is 23.7 Å². The lowest BCUT2D eigenvalue weighted by atomic mass is 9.83. The topological polar surface area (TPSA) is 126 Å². The molecule has 12 nitrogen and oxygen atoms in total. The zero-order valence-corrected chi connectivity index (χ0v) is 32.7. The zero-order valence-electron chi connectivity index (χ0n) is 31.9. The van der Waals surface area contributed by atoms with E-state index in [1.165, 1.54) is 0 Å². The molecule has 1 unspecified atom stereocenters. The number of rotatable bonds is 19. The first-order valence-corrected chi connectivity index (χ1v) is 20.5. The second kappa shape index (κ2) is 19.1. The summed E-state index contributed by atoms with van der Waals surface area (Å²) in [5.74, 6) is 0.970. The molecule has 0 bridgehead atoms. The fourth-order valence-electron chi connectivity index (χ4n) is 7.30. The standard InChI is InChI=1S/C41H55N5O7S/c1-30-6-13-36(14-7-30)54(47,48)41(34-12-15-39-38(22-34)46(19-21-52-39)17-5-20-49-3)53-40-24-42-35(16-18-45-28-43-44-29-45)23-37(40)33-10-8-32(9-11-33)27-51-26-31(2)25-50-4/h6-15,22,28-29,31,35,37,40-42H,5,16-21,23-27H2,1-4H3/t31-,35-,37+,40-,41?/m0/s1. The molecule has 2 aliphatic heterocycles. The van der Waals surface area contributed by atoms with Gasteiger partial charge in [-0.25, -0.2) is 8.42 Å². The van der Waals surface area contributed by atoms with E-state index in [9.17, 15) is 8.42 Å². The summed E-state index contributed by atoms with van der Waals surface area (Å²) in [5.41, 5.74) is 3.34. The fourth-order valence-corrected chi connectivity index (χ4v) is 8.86. The summed E-state index contributed by atoms with van der Waals surface area (Å²) in [6.45, 7) is 9.74. The van der Waals surface area contributed by atoms with Gasteiger partial charge in [0, 0.05) is 58.3 Å². The Bertz CT molecular complexity index is 1840. The van der Waals surface area contributed by atoms with Crippen LogP contribution in [0.3, 0.4) is 0 Å². The van der Waals surface area contributed by atoms with Crippen LogP contribution in [-0.4, -0.2) is 95.6 Å². The Balaban J connectivity index is 1.30. The van der Waals surface area contributed by atoms with Gasteiger partial charge in [0.05, 0.1) is 43.1 Å². The van der Waals surface area contributed by atoms with E-state index in [2.05, 4.69) is 51.6 Å². The van der Waals surface area contributed by atoms with Crippen LogP contribution in [0.15, 0.2) is 84.3 Å². The van der Waals surface area contributed by atoms with Crippen LogP contribution < -0.4 is 15.0 Å². The summed E-state index contributed by atoms with van der Waals surface area (Å²) >= 11 is 0. The van der Waals surface area contributed by atoms with E-state index in [1.807, 2.05) is 41.8 Å². The van der Waals surface area contributed by atoms with Crippen molar-refractivity contribution in [3.05, 3.63) is 102 Å². The zero-order chi connectivity index (χ0) is 37.9. The average Bonchev–Trinajstić information content (AvgIpc) is 3.71. The molecule has 1 N–H and O–H groups in total. The molecule has 4 aromatic rings. The number of hydrogen-bond acceptors (Lipinski definition) is 11. The second-order valence-corrected chi connectivity index (χ2v) is 16.5. The average molecular weight is 762 g/mol. The summed E-state index contributed by atoms with van der Waals surface area (Å²) in [5, 5.41) is 11.6. The molecular formula is C41H55N5O7S. The van der Waals surface area contributed by atoms with Crippen molar-refractivity contribution in [3.8, 4) is 5.75 Å². The molecule has 0 aliphatic carbocycles. The minimum Gasteiger partial charge on any atom is -0.490 e. The number of nitrogens with zero attached hydrogens (tertiary/aromatic N) is 4. The van der Waals surface area contributed by atoms with E-state index in [-0.39, 0.29) is 16.9 Å². The van der Waals surface area contributed by atoms with Crippen LogP contribution in [0.2, 0.25) is 0 Å². The molecule has 0 amide bonds. The number of sulfone groups is 1. The monoisotopic (exact) mass is 761 g/mol. The third kappa shape index (κ3) is 10.3. The SMILES string of the molecule is COCCCN1CCOc2ccc(C(O[C@H]3CN[C@@H](CCn4cnnc4)C[C@@H]3c3ccc(COC[C@@H](C)COC)cc3)S(=O)(=O)c3ccc(C)cc3)cc21. The lowest BCUT2D eigenvalue weighted by Crippen LogP contribution is -2.48. The molecule has 3 aromatic carbocycles. The molecule has 0 radical (unpaired) electrons. The highest BCUT2D eigenvalue weighted by molar-refractivity contribution is 7.91. The number of fused-ring (bicyclic) bond motifs is 1. The first-order chi connectivity index (χ1) is 26.2. The van der Waals surface area contributed by atoms with Crippen molar-refractivity contribution < 1.29 is 32.1 Å². The molecule has 1 aromatic heterocycles. The summed E-state index contributed by atoms with van der Waals surface area (Å²) in [7, 11) is -0.593. The van der Waals surface area contributed by atoms with Gasteiger partial charge in [-0.1, -0.05) is 55.0 Å². The molecule has 1 saturated heterocycles. The van der Waals surface area contributed by atoms with Crippen LogP contribution in [0.25, 0.3) is 0 Å². The highest BCUT2D eigenvalue weighted by Gasteiger charge is 2.39. The number of anilines is 1. The summed E-state index contributed by atoms with van der Waals surface area (Å²) in [6, 6.07) is 21.3. The number of aromatic nitrogens is 3. The van der Waals surface area contributed by atoms with Crippen molar-refractivity contribution in [2.24, 2.45) is 5.92 Å². The molecule has 0 saturated carbocycles. The Hall–Kier alpha value is -3.85. The molecule has 1 fully saturated rings. The predicted octanol–water partition coefficient (Wildman–Crippen LogP) is 5.71. The molecular weight excluding hydrogens is 707 g/mol. The Kier molecular flexibility index (Phi) is 14.1. The van der Waals surface area contributed by atoms with Gasteiger partial charge >= 0.3 is 0 Å². The molecule has 13 heteroatoms. The van der Waals surface area contributed by atoms with Gasteiger partial charge in [0.25, 0.3) is 0 Å². The van der Waals surface area contributed by atoms with Gasteiger partial charge in [-0.15, -0.1) is 10.2 Å². The number of piperidine rings is 1. The Morgan fingerprint density at radius 2 is 1.74 bits per heavy atom. The third-order valence-corrected chi connectivity index (χ3v) is 12.1. The smallest absolute Gasteiger partial charge is 0.209 e. The normalized spacial score (nSPS) is 19.9. The Morgan fingerprint density at radius 3 is 2.48 bits per heavy atom. The number of methoxy groups -OCH3 is 2. The van der Waals surface area contributed by atoms with Crippen molar-refractivity contribution >= 4 is 15.5 Å². The van der Waals surface area contributed by atoms with Crippen LogP contribution in [0.4, 0.5) is 5.69 Å². The maximum absolute atomic E-state index is 14.7. The summed E-state index contributed by atoms with van der Waals surface area (Å²) < 4.78 is 60.9. The molecule has 3 heterocycles. The first-order valence-electron chi connectivity index (χ1n) is 18.9. The van der Waals surface area contributed by atoms with Crippen molar-refractivity contribution in [1.82, 2.24) is 20.1 Å². The predicted molar refractivity (Wildman–Crippen MR) is 208 cm³/mol. The van der Waals surface area contributed by atoms with Crippen LogP contribution in [0.5, 0.6) is 5.75 Å². The van der Waals surface area contributed by atoms with Crippen LogP contribution >= 0.6 is 0 Å².